The van der Waals surface area contributed by atoms with Gasteiger partial charge in [0, 0.05) is 51.3 Å². The number of amides is 3. The first kappa shape index (κ1) is 23.0. The van der Waals surface area contributed by atoms with Crippen molar-refractivity contribution in [2.24, 2.45) is 5.92 Å². The average Bonchev–Trinajstić information content (AvgIpc) is 3.57. The summed E-state index contributed by atoms with van der Waals surface area (Å²) < 4.78 is 1.67. The van der Waals surface area contributed by atoms with Gasteiger partial charge in [-0.3, -0.25) is 19.1 Å². The van der Waals surface area contributed by atoms with Crippen molar-refractivity contribution in [1.29, 1.82) is 0 Å². The zero-order valence-corrected chi connectivity index (χ0v) is 19.5. The van der Waals surface area contributed by atoms with E-state index in [2.05, 4.69) is 10.4 Å². The van der Waals surface area contributed by atoms with Crippen LogP contribution >= 0.6 is 0 Å². The molecule has 1 N–H and O–H groups in total. The largest absolute Gasteiger partial charge is 0.356 e. The van der Waals surface area contributed by atoms with Crippen molar-refractivity contribution in [2.75, 3.05) is 19.6 Å². The van der Waals surface area contributed by atoms with E-state index in [1.807, 2.05) is 49.1 Å². The Labute approximate surface area is 194 Å². The SMILES string of the molecule is CC(C)CNC(=O)CCN(C(=O)c1cc2n(n1)CCCN(Cc1ccccc1)C2=O)C1CC1. The van der Waals surface area contributed by atoms with E-state index in [0.29, 0.717) is 44.3 Å². The number of carbonyl (C=O) groups is 3. The normalized spacial score (nSPS) is 15.8. The van der Waals surface area contributed by atoms with Crippen molar-refractivity contribution in [3.63, 3.8) is 0 Å². The molecule has 1 aromatic carbocycles. The fourth-order valence-electron chi connectivity index (χ4n) is 4.11. The van der Waals surface area contributed by atoms with Gasteiger partial charge in [0.25, 0.3) is 11.8 Å². The third-order valence-electron chi connectivity index (χ3n) is 6.06. The van der Waals surface area contributed by atoms with Crippen molar-refractivity contribution in [1.82, 2.24) is 24.9 Å². The van der Waals surface area contributed by atoms with E-state index in [9.17, 15) is 14.4 Å². The maximum Gasteiger partial charge on any atom is 0.274 e. The Morgan fingerprint density at radius 2 is 1.94 bits per heavy atom. The molecule has 2 heterocycles. The molecule has 2 aliphatic rings. The molecular weight excluding hydrogens is 418 g/mol. The van der Waals surface area contributed by atoms with Gasteiger partial charge >= 0.3 is 0 Å². The van der Waals surface area contributed by atoms with E-state index < -0.39 is 0 Å². The third kappa shape index (κ3) is 5.80. The van der Waals surface area contributed by atoms with Crippen LogP contribution in [-0.2, 0) is 17.9 Å². The summed E-state index contributed by atoms with van der Waals surface area (Å²) in [5, 5.41) is 7.40. The van der Waals surface area contributed by atoms with E-state index in [1.54, 1.807) is 15.6 Å². The molecule has 3 amide bonds. The molecule has 176 valence electrons. The first-order chi connectivity index (χ1) is 15.9. The molecule has 1 saturated carbocycles. The number of aryl methyl sites for hydroxylation is 1. The smallest absolute Gasteiger partial charge is 0.274 e. The van der Waals surface area contributed by atoms with Gasteiger partial charge in [0.15, 0.2) is 5.69 Å². The predicted octanol–water partition coefficient (Wildman–Crippen LogP) is 2.70. The van der Waals surface area contributed by atoms with Crippen LogP contribution in [0.2, 0.25) is 0 Å². The van der Waals surface area contributed by atoms with Crippen molar-refractivity contribution >= 4 is 17.7 Å². The topological polar surface area (TPSA) is 87.5 Å². The van der Waals surface area contributed by atoms with Crippen LogP contribution in [0.15, 0.2) is 36.4 Å². The van der Waals surface area contributed by atoms with Gasteiger partial charge in [-0.05, 0) is 30.7 Å². The fourth-order valence-corrected chi connectivity index (χ4v) is 4.11. The average molecular weight is 452 g/mol. The molecule has 2 aromatic rings. The predicted molar refractivity (Wildman–Crippen MR) is 125 cm³/mol. The van der Waals surface area contributed by atoms with Gasteiger partial charge in [0.2, 0.25) is 5.91 Å². The molecule has 33 heavy (non-hydrogen) atoms. The minimum Gasteiger partial charge on any atom is -0.356 e. The highest BCUT2D eigenvalue weighted by Crippen LogP contribution is 2.28. The summed E-state index contributed by atoms with van der Waals surface area (Å²) in [6.07, 6.45) is 2.93. The molecule has 0 saturated heterocycles. The van der Waals surface area contributed by atoms with Crippen LogP contribution in [0.3, 0.4) is 0 Å². The van der Waals surface area contributed by atoms with Crippen LogP contribution in [0.5, 0.6) is 0 Å². The van der Waals surface area contributed by atoms with Gasteiger partial charge in [-0.15, -0.1) is 0 Å². The minimum atomic E-state index is -0.197. The van der Waals surface area contributed by atoms with E-state index in [0.717, 1.165) is 24.8 Å². The van der Waals surface area contributed by atoms with E-state index in [4.69, 9.17) is 0 Å². The number of benzene rings is 1. The molecule has 8 nitrogen and oxygen atoms in total. The quantitative estimate of drug-likeness (QED) is 0.635. The van der Waals surface area contributed by atoms with Gasteiger partial charge in [0.1, 0.15) is 5.69 Å². The maximum absolute atomic E-state index is 13.3. The monoisotopic (exact) mass is 451 g/mol. The van der Waals surface area contributed by atoms with E-state index >= 15 is 0 Å². The number of aromatic nitrogens is 2. The molecule has 1 aromatic heterocycles. The fraction of sp³-hybridized carbons (Fsp3) is 0.520. The Morgan fingerprint density at radius 3 is 2.64 bits per heavy atom. The molecule has 4 rings (SSSR count). The lowest BCUT2D eigenvalue weighted by Gasteiger charge is -2.21. The molecule has 0 bridgehead atoms. The summed E-state index contributed by atoms with van der Waals surface area (Å²) in [5.74, 6) is 0.0376. The second kappa shape index (κ2) is 10.2. The lowest BCUT2D eigenvalue weighted by Crippen LogP contribution is -2.37. The second-order valence-electron chi connectivity index (χ2n) is 9.38. The maximum atomic E-state index is 13.3. The molecule has 8 heteroatoms. The Bertz CT molecular complexity index is 997. The van der Waals surface area contributed by atoms with Crippen LogP contribution in [0.4, 0.5) is 0 Å². The zero-order valence-electron chi connectivity index (χ0n) is 19.5. The number of nitrogens with one attached hydrogen (secondary N) is 1. The third-order valence-corrected chi connectivity index (χ3v) is 6.06. The molecule has 0 atom stereocenters. The Hall–Kier alpha value is -3.16. The first-order valence-electron chi connectivity index (χ1n) is 11.9. The van der Waals surface area contributed by atoms with Crippen LogP contribution in [0.25, 0.3) is 0 Å². The number of carbonyl (C=O) groups excluding carboxylic acids is 3. The van der Waals surface area contributed by atoms with Crippen LogP contribution in [-0.4, -0.2) is 63.0 Å². The van der Waals surface area contributed by atoms with Gasteiger partial charge in [-0.1, -0.05) is 44.2 Å². The summed E-state index contributed by atoms with van der Waals surface area (Å²) in [5.41, 5.74) is 1.82. The molecule has 0 spiro atoms. The van der Waals surface area contributed by atoms with Crippen molar-refractivity contribution < 1.29 is 14.4 Å². The highest BCUT2D eigenvalue weighted by molar-refractivity contribution is 5.98. The summed E-state index contributed by atoms with van der Waals surface area (Å²) in [6, 6.07) is 11.7. The van der Waals surface area contributed by atoms with E-state index in [1.165, 1.54) is 0 Å². The van der Waals surface area contributed by atoms with E-state index in [-0.39, 0.29) is 35.9 Å². The highest BCUT2D eigenvalue weighted by Gasteiger charge is 2.35. The minimum absolute atomic E-state index is 0.0468. The number of rotatable bonds is 9. The lowest BCUT2D eigenvalue weighted by atomic mass is 10.2. The standard InChI is InChI=1S/C25H33N5O3/c1-18(2)16-26-23(31)11-14-29(20-9-10-20)24(32)21-15-22-25(33)28(12-6-13-30(22)27-21)17-19-7-4-3-5-8-19/h3-5,7-8,15,18,20H,6,9-14,16-17H2,1-2H3,(H,26,31). The lowest BCUT2D eigenvalue weighted by molar-refractivity contribution is -0.121. The zero-order chi connectivity index (χ0) is 23.4. The van der Waals surface area contributed by atoms with Crippen molar-refractivity contribution in [3.05, 3.63) is 53.3 Å². The number of hydrogen-bond donors (Lipinski definition) is 1. The summed E-state index contributed by atoms with van der Waals surface area (Å²) in [6.45, 7) is 6.88. The number of hydrogen-bond acceptors (Lipinski definition) is 4. The Kier molecular flexibility index (Phi) is 7.11. The molecule has 0 unspecified atom stereocenters. The second-order valence-corrected chi connectivity index (χ2v) is 9.38. The molecule has 1 fully saturated rings. The van der Waals surface area contributed by atoms with Gasteiger partial charge in [-0.25, -0.2) is 0 Å². The van der Waals surface area contributed by atoms with Gasteiger partial charge in [0.05, 0.1) is 0 Å². The van der Waals surface area contributed by atoms with Crippen LogP contribution in [0, 0.1) is 5.92 Å². The Morgan fingerprint density at radius 1 is 1.18 bits per heavy atom. The van der Waals surface area contributed by atoms with Crippen molar-refractivity contribution in [3.8, 4) is 0 Å². The first-order valence-corrected chi connectivity index (χ1v) is 11.9. The number of fused-ring (bicyclic) bond motifs is 1. The Balaban J connectivity index is 1.44. The van der Waals surface area contributed by atoms with Gasteiger partial charge in [-0.2, -0.15) is 5.10 Å². The van der Waals surface area contributed by atoms with Crippen molar-refractivity contribution in [2.45, 2.75) is 58.7 Å². The molecular formula is C25H33N5O3. The van der Waals surface area contributed by atoms with Crippen LogP contribution in [0.1, 0.15) is 66.1 Å². The van der Waals surface area contributed by atoms with Gasteiger partial charge < -0.3 is 15.1 Å². The summed E-state index contributed by atoms with van der Waals surface area (Å²) in [4.78, 5) is 42.2. The summed E-state index contributed by atoms with van der Waals surface area (Å²) >= 11 is 0. The molecule has 1 aliphatic heterocycles. The highest BCUT2D eigenvalue weighted by atomic mass is 16.2. The van der Waals surface area contributed by atoms with Crippen LogP contribution < -0.4 is 5.32 Å². The number of nitrogens with zero attached hydrogens (tertiary/aromatic N) is 4. The summed E-state index contributed by atoms with van der Waals surface area (Å²) in [7, 11) is 0. The molecule has 0 radical (unpaired) electrons. The molecule has 1 aliphatic carbocycles.